The molecule has 1 aromatic carbocycles. The lowest BCUT2D eigenvalue weighted by Crippen LogP contribution is -2.36. The van der Waals surface area contributed by atoms with Crippen LogP contribution >= 0.6 is 0 Å². The van der Waals surface area contributed by atoms with E-state index in [-0.39, 0.29) is 17.8 Å². The van der Waals surface area contributed by atoms with E-state index >= 15 is 0 Å². The van der Waals surface area contributed by atoms with Gasteiger partial charge in [0, 0.05) is 29.2 Å². The zero-order chi connectivity index (χ0) is 18.9. The Morgan fingerprint density at radius 1 is 1.19 bits per heavy atom. The molecule has 10 heteroatoms. The molecule has 2 heterocycles. The molecule has 0 unspecified atom stereocenters. The number of halogens is 5. The van der Waals surface area contributed by atoms with Gasteiger partial charge in [0.05, 0.1) is 12.8 Å². The van der Waals surface area contributed by atoms with Gasteiger partial charge in [-0.25, -0.2) is 9.80 Å². The predicted octanol–water partition coefficient (Wildman–Crippen LogP) is 4.12. The van der Waals surface area contributed by atoms with Crippen LogP contribution in [-0.4, -0.2) is 28.4 Å². The topological polar surface area (TPSA) is 57.6 Å². The number of hydrogen-bond donors (Lipinski definition) is 1. The van der Waals surface area contributed by atoms with E-state index in [1.54, 1.807) is 18.3 Å². The maximum Gasteiger partial charge on any atom is 0.458 e. The third-order valence-corrected chi connectivity index (χ3v) is 3.65. The highest BCUT2D eigenvalue weighted by atomic mass is 19.4. The van der Waals surface area contributed by atoms with Crippen LogP contribution in [0.25, 0.3) is 0 Å². The monoisotopic (exact) mass is 370 g/mol. The Kier molecular flexibility index (Phi) is 4.34. The molecule has 0 atom stereocenters. The number of carbonyl (C=O) groups is 1. The lowest BCUT2D eigenvalue weighted by atomic mass is 10.0. The van der Waals surface area contributed by atoms with Crippen LogP contribution < -0.4 is 5.32 Å². The van der Waals surface area contributed by atoms with Crippen LogP contribution in [0.2, 0.25) is 0 Å². The predicted molar refractivity (Wildman–Crippen MR) is 82.8 cm³/mol. The lowest BCUT2D eigenvalue weighted by Gasteiger charge is -2.27. The summed E-state index contributed by atoms with van der Waals surface area (Å²) in [5.74, 6) is -4.99. The standard InChI is InChI=1S/C16H11F5N4O/c17-15(18,16(19,20)21)12-3-4-13-11(6-12)9-25(14(26)24-13)23-8-10-2-1-5-22-7-10/h1-8H,9H2,(H,24,26)/b23-8+. The van der Waals surface area contributed by atoms with Gasteiger partial charge in [0.2, 0.25) is 0 Å². The van der Waals surface area contributed by atoms with Gasteiger partial charge in [-0.3, -0.25) is 4.98 Å². The summed E-state index contributed by atoms with van der Waals surface area (Å²) in [5.41, 5.74) is -0.363. The zero-order valence-electron chi connectivity index (χ0n) is 13.0. The van der Waals surface area contributed by atoms with Crippen LogP contribution in [0.5, 0.6) is 0 Å². The van der Waals surface area contributed by atoms with Gasteiger partial charge in [0.15, 0.2) is 0 Å². The van der Waals surface area contributed by atoms with Crippen molar-refractivity contribution in [2.45, 2.75) is 18.6 Å². The highest BCUT2D eigenvalue weighted by Gasteiger charge is 2.58. The molecule has 0 bridgehead atoms. The van der Waals surface area contributed by atoms with Gasteiger partial charge in [-0.05, 0) is 23.8 Å². The van der Waals surface area contributed by atoms with E-state index in [4.69, 9.17) is 0 Å². The number of urea groups is 1. The molecule has 0 saturated heterocycles. The number of nitrogens with one attached hydrogen (secondary N) is 1. The number of aromatic nitrogens is 1. The van der Waals surface area contributed by atoms with Crippen molar-refractivity contribution < 1.29 is 26.7 Å². The third-order valence-electron chi connectivity index (χ3n) is 3.65. The second-order valence-corrected chi connectivity index (χ2v) is 5.46. The van der Waals surface area contributed by atoms with Crippen molar-refractivity contribution in [1.29, 1.82) is 0 Å². The number of benzene rings is 1. The first-order valence-corrected chi connectivity index (χ1v) is 7.29. The van der Waals surface area contributed by atoms with E-state index in [1.165, 1.54) is 12.4 Å². The Morgan fingerprint density at radius 3 is 2.62 bits per heavy atom. The van der Waals surface area contributed by atoms with E-state index in [9.17, 15) is 26.7 Å². The third kappa shape index (κ3) is 3.35. The fourth-order valence-corrected chi connectivity index (χ4v) is 2.30. The van der Waals surface area contributed by atoms with Crippen molar-refractivity contribution in [3.8, 4) is 0 Å². The molecule has 0 aliphatic carbocycles. The average Bonchev–Trinajstić information content (AvgIpc) is 2.59. The number of pyridine rings is 1. The first-order valence-electron chi connectivity index (χ1n) is 7.29. The highest BCUT2D eigenvalue weighted by molar-refractivity contribution is 5.93. The van der Waals surface area contributed by atoms with Gasteiger partial charge >= 0.3 is 18.1 Å². The number of hydrogen-bond acceptors (Lipinski definition) is 3. The molecule has 0 fully saturated rings. The molecule has 136 valence electrons. The summed E-state index contributed by atoms with van der Waals surface area (Å²) in [6.45, 7) is -0.250. The minimum absolute atomic E-state index is 0.0920. The molecule has 1 aromatic heterocycles. The quantitative estimate of drug-likeness (QED) is 0.653. The average molecular weight is 370 g/mol. The van der Waals surface area contributed by atoms with Crippen LogP contribution in [0.15, 0.2) is 47.8 Å². The van der Waals surface area contributed by atoms with Crippen molar-refractivity contribution in [1.82, 2.24) is 9.99 Å². The molecule has 26 heavy (non-hydrogen) atoms. The van der Waals surface area contributed by atoms with E-state index in [1.807, 2.05) is 0 Å². The molecule has 2 aromatic rings. The van der Waals surface area contributed by atoms with Crippen molar-refractivity contribution in [2.75, 3.05) is 5.32 Å². The summed E-state index contributed by atoms with van der Waals surface area (Å²) < 4.78 is 64.6. The van der Waals surface area contributed by atoms with E-state index in [2.05, 4.69) is 15.4 Å². The van der Waals surface area contributed by atoms with Gasteiger partial charge < -0.3 is 5.32 Å². The Hall–Kier alpha value is -3.04. The van der Waals surface area contributed by atoms with Crippen molar-refractivity contribution >= 4 is 17.9 Å². The number of rotatable bonds is 3. The Morgan fingerprint density at radius 2 is 1.96 bits per heavy atom. The van der Waals surface area contributed by atoms with Crippen molar-refractivity contribution in [3.05, 3.63) is 59.4 Å². The molecule has 1 aliphatic rings. The summed E-state index contributed by atoms with van der Waals surface area (Å²) in [6, 6.07) is 5.07. The molecular weight excluding hydrogens is 359 g/mol. The molecule has 0 radical (unpaired) electrons. The lowest BCUT2D eigenvalue weighted by molar-refractivity contribution is -0.289. The highest BCUT2D eigenvalue weighted by Crippen LogP contribution is 2.44. The molecule has 1 N–H and O–H groups in total. The molecule has 5 nitrogen and oxygen atoms in total. The normalized spacial score (nSPS) is 15.1. The van der Waals surface area contributed by atoms with Crippen molar-refractivity contribution in [2.24, 2.45) is 5.10 Å². The van der Waals surface area contributed by atoms with Crippen LogP contribution in [0.4, 0.5) is 32.4 Å². The van der Waals surface area contributed by atoms with E-state index < -0.39 is 23.7 Å². The van der Waals surface area contributed by atoms with Crippen LogP contribution in [-0.2, 0) is 12.5 Å². The van der Waals surface area contributed by atoms with Crippen molar-refractivity contribution in [3.63, 3.8) is 0 Å². The molecule has 1 aliphatic heterocycles. The van der Waals surface area contributed by atoms with Crippen LogP contribution in [0, 0.1) is 0 Å². The number of anilines is 1. The summed E-state index contributed by atoms with van der Waals surface area (Å²) in [4.78, 5) is 15.8. The molecule has 0 saturated carbocycles. The number of nitrogens with zero attached hydrogens (tertiary/aromatic N) is 3. The first-order chi connectivity index (χ1) is 12.2. The maximum atomic E-state index is 13.5. The summed E-state index contributed by atoms with van der Waals surface area (Å²) in [6.07, 6.45) is -1.35. The zero-order valence-corrected chi connectivity index (χ0v) is 13.0. The first kappa shape index (κ1) is 17.8. The molecule has 3 rings (SSSR count). The molecular formula is C16H11F5N4O. The molecule has 2 amide bonds. The van der Waals surface area contributed by atoms with Gasteiger partial charge in [-0.2, -0.15) is 27.1 Å². The van der Waals surface area contributed by atoms with Gasteiger partial charge in [0.1, 0.15) is 0 Å². The summed E-state index contributed by atoms with van der Waals surface area (Å²) >= 11 is 0. The van der Waals surface area contributed by atoms with Gasteiger partial charge in [0.25, 0.3) is 0 Å². The summed E-state index contributed by atoms with van der Waals surface area (Å²) in [5, 5.41) is 7.24. The smallest absolute Gasteiger partial charge is 0.306 e. The fraction of sp³-hybridized carbons (Fsp3) is 0.188. The Bertz CT molecular complexity index is 851. The van der Waals surface area contributed by atoms with Crippen LogP contribution in [0.1, 0.15) is 16.7 Å². The largest absolute Gasteiger partial charge is 0.458 e. The summed E-state index contributed by atoms with van der Waals surface area (Å²) in [7, 11) is 0. The number of hydrazone groups is 1. The Balaban J connectivity index is 1.87. The second kappa shape index (κ2) is 6.36. The van der Waals surface area contributed by atoms with Gasteiger partial charge in [-0.15, -0.1) is 0 Å². The molecule has 0 spiro atoms. The number of carbonyl (C=O) groups excluding carboxylic acids is 1. The van der Waals surface area contributed by atoms with E-state index in [0.717, 1.165) is 17.1 Å². The minimum Gasteiger partial charge on any atom is -0.306 e. The van der Waals surface area contributed by atoms with Crippen LogP contribution in [0.3, 0.4) is 0 Å². The van der Waals surface area contributed by atoms with E-state index in [0.29, 0.717) is 11.6 Å². The fourth-order valence-electron chi connectivity index (χ4n) is 2.30. The maximum absolute atomic E-state index is 13.5. The minimum atomic E-state index is -5.71. The number of fused-ring (bicyclic) bond motifs is 1. The second-order valence-electron chi connectivity index (χ2n) is 5.46. The SMILES string of the molecule is O=C1Nc2ccc(C(F)(F)C(F)(F)F)cc2CN1/N=C/c1cccnc1. The number of amides is 2. The number of alkyl halides is 5. The Labute approximate surface area is 144 Å². The van der Waals surface area contributed by atoms with Gasteiger partial charge in [-0.1, -0.05) is 12.1 Å².